The van der Waals surface area contributed by atoms with Crippen molar-refractivity contribution in [2.24, 2.45) is 0 Å². The number of fused-ring (bicyclic) bond motifs is 1. The summed E-state index contributed by atoms with van der Waals surface area (Å²) in [6.45, 7) is 0.324. The van der Waals surface area contributed by atoms with Crippen LogP contribution in [0.1, 0.15) is 18.4 Å². The van der Waals surface area contributed by atoms with E-state index in [1.807, 2.05) is 36.4 Å². The standard InChI is InChI=1S/C25H25N3O6S2/c1-32-18-9-7-17(8-10-18)25(29)13-15-28(16-14-25)36(30,31)22-12-11-21(23-24(22)27-34-26-23)35-20-6-4-3-5-19(20)33-2/h3-12,29H,13-16H2,1-2H3. The summed E-state index contributed by atoms with van der Waals surface area (Å²) in [5.74, 6) is 1.39. The van der Waals surface area contributed by atoms with Gasteiger partial charge in [0.15, 0.2) is 11.0 Å². The Bertz CT molecular complexity index is 1480. The molecule has 1 aliphatic heterocycles. The maximum absolute atomic E-state index is 13.6. The van der Waals surface area contributed by atoms with E-state index in [-0.39, 0.29) is 36.3 Å². The van der Waals surface area contributed by atoms with Gasteiger partial charge in [-0.3, -0.25) is 0 Å². The third-order valence-electron chi connectivity index (χ3n) is 6.43. The van der Waals surface area contributed by atoms with Crippen molar-refractivity contribution < 1.29 is 27.6 Å². The van der Waals surface area contributed by atoms with Gasteiger partial charge in [0.1, 0.15) is 16.4 Å². The first-order valence-corrected chi connectivity index (χ1v) is 13.5. The summed E-state index contributed by atoms with van der Waals surface area (Å²) in [4.78, 5) is 1.58. The van der Waals surface area contributed by atoms with Gasteiger partial charge in [0.2, 0.25) is 10.0 Å². The average Bonchev–Trinajstić information content (AvgIpc) is 3.40. The van der Waals surface area contributed by atoms with Crippen LogP contribution in [-0.4, -0.2) is 55.5 Å². The SMILES string of the molecule is COc1ccc(C2(O)CCN(S(=O)(=O)c3ccc(Sc4ccccc4OC)c4nonc34)CC2)cc1. The molecule has 2 heterocycles. The largest absolute Gasteiger partial charge is 0.497 e. The maximum Gasteiger partial charge on any atom is 0.245 e. The van der Waals surface area contributed by atoms with Gasteiger partial charge in [0.25, 0.3) is 0 Å². The molecule has 5 rings (SSSR count). The number of rotatable bonds is 7. The molecule has 3 aromatic carbocycles. The lowest BCUT2D eigenvalue weighted by molar-refractivity contribution is -0.00963. The molecule has 0 atom stereocenters. The van der Waals surface area contributed by atoms with E-state index in [1.54, 1.807) is 32.4 Å². The van der Waals surface area contributed by atoms with Crippen molar-refractivity contribution in [3.8, 4) is 11.5 Å². The first-order valence-electron chi connectivity index (χ1n) is 11.3. The van der Waals surface area contributed by atoms with Crippen molar-refractivity contribution in [2.45, 2.75) is 33.1 Å². The fraction of sp³-hybridized carbons (Fsp3) is 0.280. The zero-order chi connectivity index (χ0) is 25.3. The highest BCUT2D eigenvalue weighted by Gasteiger charge is 2.39. The Morgan fingerprint density at radius 2 is 1.61 bits per heavy atom. The molecule has 0 aliphatic carbocycles. The molecule has 11 heteroatoms. The molecule has 0 saturated carbocycles. The van der Waals surface area contributed by atoms with Crippen LogP contribution in [0.4, 0.5) is 0 Å². The van der Waals surface area contributed by atoms with Crippen molar-refractivity contribution in [3.63, 3.8) is 0 Å². The number of ether oxygens (including phenoxy) is 2. The topological polar surface area (TPSA) is 115 Å². The van der Waals surface area contributed by atoms with E-state index in [4.69, 9.17) is 14.1 Å². The quantitative estimate of drug-likeness (QED) is 0.380. The molecule has 9 nitrogen and oxygen atoms in total. The molecule has 0 spiro atoms. The number of hydrogen-bond donors (Lipinski definition) is 1. The lowest BCUT2D eigenvalue weighted by atomic mass is 9.85. The molecule has 0 bridgehead atoms. The Kier molecular flexibility index (Phi) is 6.64. The summed E-state index contributed by atoms with van der Waals surface area (Å²) in [5.41, 5.74) is 0.156. The number of aliphatic hydroxyl groups is 1. The molecular weight excluding hydrogens is 502 g/mol. The Labute approximate surface area is 213 Å². The van der Waals surface area contributed by atoms with Crippen LogP contribution in [0.15, 0.2) is 80.0 Å². The minimum absolute atomic E-state index is 0.0259. The first kappa shape index (κ1) is 24.6. The third-order valence-corrected chi connectivity index (χ3v) is 9.46. The summed E-state index contributed by atoms with van der Waals surface area (Å²) in [5, 5.41) is 19.1. The fourth-order valence-electron chi connectivity index (χ4n) is 4.36. The van der Waals surface area contributed by atoms with E-state index in [9.17, 15) is 13.5 Å². The van der Waals surface area contributed by atoms with Crippen molar-refractivity contribution in [3.05, 3.63) is 66.2 Å². The summed E-state index contributed by atoms with van der Waals surface area (Å²) in [6, 6.07) is 18.0. The number of hydrogen-bond acceptors (Lipinski definition) is 9. The third kappa shape index (κ3) is 4.43. The second-order valence-electron chi connectivity index (χ2n) is 8.44. The van der Waals surface area contributed by atoms with Crippen LogP contribution in [0.3, 0.4) is 0 Å². The molecule has 36 heavy (non-hydrogen) atoms. The van der Waals surface area contributed by atoms with Crippen LogP contribution in [0.25, 0.3) is 11.0 Å². The number of piperidine rings is 1. The molecule has 1 N–H and O–H groups in total. The number of nitrogens with zero attached hydrogens (tertiary/aromatic N) is 3. The number of benzene rings is 3. The van der Waals surface area contributed by atoms with Gasteiger partial charge in [-0.05, 0) is 65.1 Å². The van der Waals surface area contributed by atoms with Gasteiger partial charge in [-0.1, -0.05) is 36.0 Å². The zero-order valence-electron chi connectivity index (χ0n) is 19.7. The highest BCUT2D eigenvalue weighted by atomic mass is 32.2. The second kappa shape index (κ2) is 9.74. The molecule has 0 radical (unpaired) electrons. The number of aromatic nitrogens is 2. The van der Waals surface area contributed by atoms with Gasteiger partial charge < -0.3 is 14.6 Å². The van der Waals surface area contributed by atoms with E-state index in [2.05, 4.69) is 10.3 Å². The van der Waals surface area contributed by atoms with Gasteiger partial charge >= 0.3 is 0 Å². The van der Waals surface area contributed by atoms with Gasteiger partial charge in [-0.25, -0.2) is 13.0 Å². The average molecular weight is 528 g/mol. The van der Waals surface area contributed by atoms with Crippen LogP contribution in [-0.2, 0) is 15.6 Å². The summed E-state index contributed by atoms with van der Waals surface area (Å²) >= 11 is 1.39. The maximum atomic E-state index is 13.6. The predicted octanol–water partition coefficient (Wildman–Crippen LogP) is 4.06. The molecule has 0 unspecified atom stereocenters. The van der Waals surface area contributed by atoms with Gasteiger partial charge in [0, 0.05) is 18.0 Å². The number of para-hydroxylation sites is 1. The van der Waals surface area contributed by atoms with Crippen molar-refractivity contribution in [1.29, 1.82) is 0 Å². The Morgan fingerprint density at radius 1 is 0.917 bits per heavy atom. The smallest absolute Gasteiger partial charge is 0.245 e. The van der Waals surface area contributed by atoms with Crippen LogP contribution < -0.4 is 9.47 Å². The Balaban J connectivity index is 1.39. The molecule has 4 aromatic rings. The van der Waals surface area contributed by atoms with Crippen LogP contribution in [0.2, 0.25) is 0 Å². The van der Waals surface area contributed by atoms with Crippen LogP contribution >= 0.6 is 11.8 Å². The van der Waals surface area contributed by atoms with E-state index >= 15 is 0 Å². The minimum atomic E-state index is -3.90. The van der Waals surface area contributed by atoms with Crippen molar-refractivity contribution in [1.82, 2.24) is 14.6 Å². The van der Waals surface area contributed by atoms with E-state index in [0.717, 1.165) is 10.5 Å². The van der Waals surface area contributed by atoms with Gasteiger partial charge in [0.05, 0.1) is 24.7 Å². The van der Waals surface area contributed by atoms with E-state index in [0.29, 0.717) is 21.9 Å². The molecule has 188 valence electrons. The Morgan fingerprint density at radius 3 is 2.31 bits per heavy atom. The summed E-state index contributed by atoms with van der Waals surface area (Å²) < 4.78 is 44.1. The molecule has 1 aromatic heterocycles. The number of methoxy groups -OCH3 is 2. The number of sulfonamides is 1. The molecule has 1 saturated heterocycles. The molecule has 1 aliphatic rings. The summed E-state index contributed by atoms with van der Waals surface area (Å²) in [7, 11) is -0.723. The lowest BCUT2D eigenvalue weighted by Gasteiger charge is -2.37. The van der Waals surface area contributed by atoms with Gasteiger partial charge in [-0.2, -0.15) is 4.31 Å². The molecule has 0 amide bonds. The summed E-state index contributed by atoms with van der Waals surface area (Å²) in [6.07, 6.45) is 0.529. The highest BCUT2D eigenvalue weighted by Crippen LogP contribution is 2.40. The normalized spacial score (nSPS) is 16.2. The van der Waals surface area contributed by atoms with Gasteiger partial charge in [-0.15, -0.1) is 0 Å². The fourth-order valence-corrected chi connectivity index (χ4v) is 6.92. The van der Waals surface area contributed by atoms with Crippen molar-refractivity contribution in [2.75, 3.05) is 27.3 Å². The van der Waals surface area contributed by atoms with Crippen LogP contribution in [0.5, 0.6) is 11.5 Å². The van der Waals surface area contributed by atoms with E-state index < -0.39 is 15.6 Å². The predicted molar refractivity (Wildman–Crippen MR) is 134 cm³/mol. The van der Waals surface area contributed by atoms with Crippen molar-refractivity contribution >= 4 is 32.8 Å². The highest BCUT2D eigenvalue weighted by molar-refractivity contribution is 7.99. The molecule has 1 fully saturated rings. The second-order valence-corrected chi connectivity index (χ2v) is 11.4. The van der Waals surface area contributed by atoms with E-state index in [1.165, 1.54) is 22.1 Å². The lowest BCUT2D eigenvalue weighted by Crippen LogP contribution is -2.45. The monoisotopic (exact) mass is 527 g/mol. The van der Waals surface area contributed by atoms with Crippen LogP contribution in [0, 0.1) is 0 Å². The minimum Gasteiger partial charge on any atom is -0.497 e. The zero-order valence-corrected chi connectivity index (χ0v) is 21.4. The Hall–Kier alpha value is -3.12. The molecular formula is C25H25N3O6S2. The first-order chi connectivity index (χ1) is 17.4.